The topological polar surface area (TPSA) is 63.3 Å². The van der Waals surface area contributed by atoms with Gasteiger partial charge in [0.25, 0.3) is 0 Å². The van der Waals surface area contributed by atoms with E-state index in [0.717, 1.165) is 18.8 Å². The molecule has 0 bridgehead atoms. The van der Waals surface area contributed by atoms with Gasteiger partial charge in [0.15, 0.2) is 10.9 Å². The van der Waals surface area contributed by atoms with Crippen LogP contribution in [0.1, 0.15) is 12.5 Å². The molecule has 0 unspecified atom stereocenters. The first-order valence-electron chi connectivity index (χ1n) is 7.76. The third kappa shape index (κ3) is 4.12. The van der Waals surface area contributed by atoms with Gasteiger partial charge in [-0.3, -0.25) is 9.69 Å². The molecule has 1 N–H and O–H groups in total. The fourth-order valence-corrected chi connectivity index (χ4v) is 3.14. The molecule has 0 saturated heterocycles. The van der Waals surface area contributed by atoms with Gasteiger partial charge < -0.3 is 14.3 Å². The molecular weight excluding hydrogens is 324 g/mol. The fraction of sp³-hybridized carbons (Fsp3) is 0.294. The molecule has 3 aromatic rings. The predicted octanol–water partition coefficient (Wildman–Crippen LogP) is 3.30. The van der Waals surface area contributed by atoms with Crippen LogP contribution in [0.3, 0.4) is 0 Å². The summed E-state index contributed by atoms with van der Waals surface area (Å²) in [5, 5.41) is 5.28. The lowest BCUT2D eigenvalue weighted by molar-refractivity contribution is -0.117. The molecule has 0 radical (unpaired) electrons. The number of anilines is 1. The van der Waals surface area contributed by atoms with Crippen molar-refractivity contribution in [3.05, 3.63) is 47.8 Å². The normalized spacial score (nSPS) is 11.1. The molecule has 6 nitrogen and oxygen atoms in total. The van der Waals surface area contributed by atoms with Crippen molar-refractivity contribution < 1.29 is 9.21 Å². The number of likely N-dealkylation sites (N-methyl/N-ethyl adjacent to an activating group) is 1. The van der Waals surface area contributed by atoms with Crippen molar-refractivity contribution in [1.29, 1.82) is 0 Å². The zero-order chi connectivity index (χ0) is 16.9. The van der Waals surface area contributed by atoms with Crippen LogP contribution in [0.15, 0.2) is 46.7 Å². The van der Waals surface area contributed by atoms with E-state index in [2.05, 4.69) is 40.3 Å². The Morgan fingerprint density at radius 1 is 1.46 bits per heavy atom. The van der Waals surface area contributed by atoms with Crippen molar-refractivity contribution in [2.45, 2.75) is 20.0 Å². The Morgan fingerprint density at radius 2 is 2.33 bits per heavy atom. The summed E-state index contributed by atoms with van der Waals surface area (Å²) < 4.78 is 7.42. The van der Waals surface area contributed by atoms with Crippen molar-refractivity contribution in [3.8, 4) is 11.5 Å². The van der Waals surface area contributed by atoms with E-state index in [9.17, 15) is 4.79 Å². The van der Waals surface area contributed by atoms with Crippen LogP contribution in [-0.4, -0.2) is 34.0 Å². The van der Waals surface area contributed by atoms with Gasteiger partial charge in [0.2, 0.25) is 5.91 Å². The molecule has 0 aliphatic carbocycles. The molecule has 0 aliphatic heterocycles. The quantitative estimate of drug-likeness (QED) is 0.714. The molecule has 126 valence electrons. The number of amides is 1. The summed E-state index contributed by atoms with van der Waals surface area (Å²) in [6.45, 7) is 4.10. The summed E-state index contributed by atoms with van der Waals surface area (Å²) in [5.74, 6) is 0.622. The molecule has 0 atom stereocenters. The third-order valence-corrected chi connectivity index (χ3v) is 4.32. The van der Waals surface area contributed by atoms with Crippen molar-refractivity contribution >= 4 is 22.4 Å². The monoisotopic (exact) mass is 344 g/mol. The summed E-state index contributed by atoms with van der Waals surface area (Å²) in [7, 11) is 1.93. The maximum atomic E-state index is 12.2. The molecule has 7 heteroatoms. The highest BCUT2D eigenvalue weighted by Gasteiger charge is 2.12. The highest BCUT2D eigenvalue weighted by atomic mass is 32.1. The van der Waals surface area contributed by atoms with Crippen LogP contribution in [-0.2, 0) is 17.9 Å². The van der Waals surface area contributed by atoms with Gasteiger partial charge in [0, 0.05) is 30.9 Å². The average molecular weight is 344 g/mol. The minimum atomic E-state index is -0.0761. The first kappa shape index (κ1) is 16.5. The number of nitrogens with one attached hydrogen (secondary N) is 1. The molecule has 0 fully saturated rings. The number of thiazole rings is 1. The minimum Gasteiger partial charge on any atom is -0.463 e. The van der Waals surface area contributed by atoms with E-state index < -0.39 is 0 Å². The molecular formula is C17H20N4O2S. The molecule has 3 rings (SSSR count). The number of aryl methyl sites for hydroxylation is 1. The van der Waals surface area contributed by atoms with E-state index in [4.69, 9.17) is 4.42 Å². The smallest absolute Gasteiger partial charge is 0.240 e. The van der Waals surface area contributed by atoms with Gasteiger partial charge >= 0.3 is 0 Å². The Morgan fingerprint density at radius 3 is 3.04 bits per heavy atom. The lowest BCUT2D eigenvalue weighted by Gasteiger charge is -2.14. The summed E-state index contributed by atoms with van der Waals surface area (Å²) in [6, 6.07) is 5.74. The van der Waals surface area contributed by atoms with Crippen LogP contribution >= 0.6 is 11.3 Å². The van der Waals surface area contributed by atoms with Crippen LogP contribution in [0.2, 0.25) is 0 Å². The van der Waals surface area contributed by atoms with E-state index in [0.29, 0.717) is 17.4 Å². The highest BCUT2D eigenvalue weighted by molar-refractivity contribution is 7.14. The van der Waals surface area contributed by atoms with Gasteiger partial charge in [-0.15, -0.1) is 11.3 Å². The zero-order valence-corrected chi connectivity index (χ0v) is 14.5. The van der Waals surface area contributed by atoms with Gasteiger partial charge in [0.1, 0.15) is 5.69 Å². The Bertz CT molecular complexity index is 791. The van der Waals surface area contributed by atoms with Crippen molar-refractivity contribution in [3.63, 3.8) is 0 Å². The van der Waals surface area contributed by atoms with Crippen LogP contribution in [0.4, 0.5) is 5.13 Å². The van der Waals surface area contributed by atoms with E-state index >= 15 is 0 Å². The molecule has 0 saturated carbocycles. The molecule has 24 heavy (non-hydrogen) atoms. The Kier molecular flexibility index (Phi) is 5.12. The lowest BCUT2D eigenvalue weighted by atomic mass is 10.3. The van der Waals surface area contributed by atoms with Gasteiger partial charge in [-0.2, -0.15) is 0 Å². The van der Waals surface area contributed by atoms with E-state index in [1.807, 2.05) is 29.5 Å². The maximum Gasteiger partial charge on any atom is 0.240 e. The number of hydrogen-bond donors (Lipinski definition) is 1. The van der Waals surface area contributed by atoms with Crippen LogP contribution in [0.5, 0.6) is 0 Å². The maximum absolute atomic E-state index is 12.2. The fourth-order valence-electron chi connectivity index (χ4n) is 2.42. The predicted molar refractivity (Wildman–Crippen MR) is 94.9 cm³/mol. The lowest BCUT2D eigenvalue weighted by Crippen LogP contribution is -2.29. The summed E-state index contributed by atoms with van der Waals surface area (Å²) in [4.78, 5) is 18.5. The first-order chi connectivity index (χ1) is 11.6. The third-order valence-electron chi connectivity index (χ3n) is 3.57. The van der Waals surface area contributed by atoms with Crippen molar-refractivity contribution in [1.82, 2.24) is 14.5 Å². The summed E-state index contributed by atoms with van der Waals surface area (Å²) in [6.07, 6.45) is 5.76. The number of aromatic nitrogens is 2. The van der Waals surface area contributed by atoms with E-state index in [-0.39, 0.29) is 5.91 Å². The standard InChI is InChI=1S/C17H20N4O2S/c1-3-21-7-6-13(10-21)9-20(2)11-16(22)19-17-18-14(12-24-17)15-5-4-8-23-15/h4-8,10,12H,3,9,11H2,1-2H3,(H,18,19,22). The van der Waals surface area contributed by atoms with Crippen molar-refractivity contribution in [2.75, 3.05) is 18.9 Å². The molecule has 1 amide bonds. The number of carbonyl (C=O) groups is 1. The molecule has 0 aromatic carbocycles. The SMILES string of the molecule is CCn1ccc(CN(C)CC(=O)Nc2nc(-c3ccco3)cs2)c1. The van der Waals surface area contributed by atoms with Gasteiger partial charge in [-0.1, -0.05) is 0 Å². The number of furan rings is 1. The second-order valence-corrected chi connectivity index (χ2v) is 6.44. The first-order valence-corrected chi connectivity index (χ1v) is 8.64. The van der Waals surface area contributed by atoms with Crippen LogP contribution in [0.25, 0.3) is 11.5 Å². The van der Waals surface area contributed by atoms with Crippen molar-refractivity contribution in [2.24, 2.45) is 0 Å². The number of rotatable bonds is 7. The van der Waals surface area contributed by atoms with Crippen LogP contribution in [0, 0.1) is 0 Å². The second-order valence-electron chi connectivity index (χ2n) is 5.59. The Balaban J connectivity index is 1.51. The number of hydrogen-bond acceptors (Lipinski definition) is 5. The molecule has 3 aromatic heterocycles. The Labute approximate surface area is 144 Å². The minimum absolute atomic E-state index is 0.0761. The van der Waals surface area contributed by atoms with E-state index in [1.165, 1.54) is 16.9 Å². The van der Waals surface area contributed by atoms with Gasteiger partial charge in [0.05, 0.1) is 12.8 Å². The molecule has 3 heterocycles. The summed E-state index contributed by atoms with van der Waals surface area (Å²) >= 11 is 1.39. The van der Waals surface area contributed by atoms with Gasteiger partial charge in [-0.25, -0.2) is 4.98 Å². The number of nitrogens with zero attached hydrogens (tertiary/aromatic N) is 3. The molecule has 0 aliphatic rings. The van der Waals surface area contributed by atoms with Crippen LogP contribution < -0.4 is 5.32 Å². The highest BCUT2D eigenvalue weighted by Crippen LogP contribution is 2.24. The largest absolute Gasteiger partial charge is 0.463 e. The van der Waals surface area contributed by atoms with E-state index in [1.54, 1.807) is 6.26 Å². The average Bonchev–Trinajstić information content (AvgIpc) is 3.27. The second kappa shape index (κ2) is 7.46. The Hall–Kier alpha value is -2.38. The molecule has 0 spiro atoms. The number of carbonyl (C=O) groups excluding carboxylic acids is 1. The summed E-state index contributed by atoms with van der Waals surface area (Å²) in [5.41, 5.74) is 1.93. The zero-order valence-electron chi connectivity index (χ0n) is 13.7. The van der Waals surface area contributed by atoms with Gasteiger partial charge in [-0.05, 0) is 37.7 Å².